The van der Waals surface area contributed by atoms with Crippen molar-refractivity contribution in [2.24, 2.45) is 0 Å². The smallest absolute Gasteiger partial charge is 0.344 e. The highest BCUT2D eigenvalue weighted by atomic mass is 35.5. The lowest BCUT2D eigenvalue weighted by Gasteiger charge is -2.22. The Morgan fingerprint density at radius 2 is 1.75 bits per heavy atom. The summed E-state index contributed by atoms with van der Waals surface area (Å²) in [4.78, 5) is 18.5. The van der Waals surface area contributed by atoms with E-state index < -0.39 is 22.7 Å². The van der Waals surface area contributed by atoms with Gasteiger partial charge in [0.05, 0.1) is 21.8 Å². The number of rotatable bonds is 4. The number of hydrogen-bond acceptors (Lipinski definition) is 3. The van der Waals surface area contributed by atoms with Crippen molar-refractivity contribution in [1.82, 2.24) is 4.98 Å². The van der Waals surface area contributed by atoms with Gasteiger partial charge in [-0.25, -0.2) is 0 Å². The molecule has 28 heavy (non-hydrogen) atoms. The molecule has 0 aliphatic carbocycles. The van der Waals surface area contributed by atoms with Crippen LogP contribution >= 0.6 is 11.6 Å². The van der Waals surface area contributed by atoms with Gasteiger partial charge in [0.2, 0.25) is 0 Å². The monoisotopic (exact) mass is 405 g/mol. The van der Waals surface area contributed by atoms with Crippen LogP contribution in [0.4, 0.5) is 30.2 Å². The third-order valence-electron chi connectivity index (χ3n) is 4.09. The molecule has 1 heterocycles. The predicted octanol–water partition coefficient (Wildman–Crippen LogP) is 5.77. The number of para-hydroxylation sites is 1. The topological polar surface area (TPSA) is 45.2 Å². The lowest BCUT2D eigenvalue weighted by atomic mass is 10.1. The van der Waals surface area contributed by atoms with Crippen molar-refractivity contribution in [3.05, 3.63) is 83.1 Å². The molecule has 1 amide bonds. The van der Waals surface area contributed by atoms with E-state index in [9.17, 15) is 18.0 Å². The van der Waals surface area contributed by atoms with E-state index in [1.54, 1.807) is 60.7 Å². The zero-order valence-corrected chi connectivity index (χ0v) is 15.4. The SMILES string of the molecule is CN(c1ccncc1)c1ccccc1C(=O)Nc1ccc(Cl)c(C(F)(F)F)c1. The number of benzene rings is 2. The van der Waals surface area contributed by atoms with E-state index in [1.165, 1.54) is 6.07 Å². The van der Waals surface area contributed by atoms with Crippen LogP contribution in [-0.4, -0.2) is 17.9 Å². The average Bonchev–Trinajstić information content (AvgIpc) is 2.68. The van der Waals surface area contributed by atoms with Crippen LogP contribution in [0.1, 0.15) is 15.9 Å². The number of nitrogens with zero attached hydrogens (tertiary/aromatic N) is 2. The molecule has 144 valence electrons. The van der Waals surface area contributed by atoms with Crippen molar-refractivity contribution in [2.45, 2.75) is 6.18 Å². The summed E-state index contributed by atoms with van der Waals surface area (Å²) in [6.45, 7) is 0. The zero-order chi connectivity index (χ0) is 20.3. The Labute approximate surface area is 164 Å². The molecule has 0 saturated heterocycles. The standard InChI is InChI=1S/C20H15ClF3N3O/c1-27(14-8-10-25-11-9-14)18-5-3-2-4-15(18)19(28)26-13-6-7-17(21)16(12-13)20(22,23)24/h2-12H,1H3,(H,26,28). The van der Waals surface area contributed by atoms with Crippen molar-refractivity contribution in [3.63, 3.8) is 0 Å². The number of carbonyl (C=O) groups excluding carboxylic acids is 1. The number of aromatic nitrogens is 1. The lowest BCUT2D eigenvalue weighted by molar-refractivity contribution is -0.137. The molecule has 0 unspecified atom stereocenters. The third kappa shape index (κ3) is 4.26. The number of halogens is 4. The highest BCUT2D eigenvalue weighted by Crippen LogP contribution is 2.36. The Morgan fingerprint density at radius 3 is 2.43 bits per heavy atom. The van der Waals surface area contributed by atoms with Crippen LogP contribution in [0.3, 0.4) is 0 Å². The van der Waals surface area contributed by atoms with Crippen molar-refractivity contribution in [1.29, 1.82) is 0 Å². The summed E-state index contributed by atoms with van der Waals surface area (Å²) >= 11 is 5.62. The predicted molar refractivity (Wildman–Crippen MR) is 103 cm³/mol. The first-order valence-corrected chi connectivity index (χ1v) is 8.56. The van der Waals surface area contributed by atoms with E-state index in [0.29, 0.717) is 11.3 Å². The molecule has 2 aromatic carbocycles. The number of anilines is 3. The van der Waals surface area contributed by atoms with Gasteiger partial charge < -0.3 is 10.2 Å². The van der Waals surface area contributed by atoms with E-state index in [1.807, 2.05) is 0 Å². The summed E-state index contributed by atoms with van der Waals surface area (Å²) in [6.07, 6.45) is -1.36. The van der Waals surface area contributed by atoms with Gasteiger partial charge in [-0.15, -0.1) is 0 Å². The fourth-order valence-corrected chi connectivity index (χ4v) is 2.91. The maximum atomic E-state index is 13.0. The highest BCUT2D eigenvalue weighted by Gasteiger charge is 2.33. The van der Waals surface area contributed by atoms with Gasteiger partial charge in [0, 0.05) is 30.8 Å². The van der Waals surface area contributed by atoms with Crippen LogP contribution in [0.2, 0.25) is 5.02 Å². The normalized spacial score (nSPS) is 11.2. The first kappa shape index (κ1) is 19.7. The second-order valence-corrected chi connectivity index (χ2v) is 6.34. The van der Waals surface area contributed by atoms with Gasteiger partial charge in [-0.05, 0) is 42.5 Å². The fraction of sp³-hybridized carbons (Fsp3) is 0.100. The minimum absolute atomic E-state index is 0.00286. The first-order valence-electron chi connectivity index (χ1n) is 8.18. The van der Waals surface area contributed by atoms with E-state index >= 15 is 0 Å². The van der Waals surface area contributed by atoms with Crippen LogP contribution in [-0.2, 0) is 6.18 Å². The summed E-state index contributed by atoms with van der Waals surface area (Å²) in [7, 11) is 1.78. The van der Waals surface area contributed by atoms with E-state index in [4.69, 9.17) is 11.6 Å². The van der Waals surface area contributed by atoms with Gasteiger partial charge in [0.1, 0.15) is 0 Å². The second-order valence-electron chi connectivity index (χ2n) is 5.93. The second kappa shape index (κ2) is 7.90. The van der Waals surface area contributed by atoms with Gasteiger partial charge in [-0.1, -0.05) is 23.7 Å². The number of alkyl halides is 3. The Morgan fingerprint density at radius 1 is 1.07 bits per heavy atom. The van der Waals surface area contributed by atoms with E-state index in [0.717, 1.165) is 17.8 Å². The summed E-state index contributed by atoms with van der Waals surface area (Å²) < 4.78 is 39.1. The number of carbonyl (C=O) groups is 1. The van der Waals surface area contributed by atoms with Gasteiger partial charge >= 0.3 is 6.18 Å². The molecule has 0 atom stereocenters. The molecule has 0 fully saturated rings. The molecule has 1 N–H and O–H groups in total. The molecular formula is C20H15ClF3N3O. The molecule has 0 saturated carbocycles. The highest BCUT2D eigenvalue weighted by molar-refractivity contribution is 6.31. The summed E-state index contributed by atoms with van der Waals surface area (Å²) in [5.74, 6) is -0.535. The maximum absolute atomic E-state index is 13.0. The minimum atomic E-state index is -4.61. The third-order valence-corrected chi connectivity index (χ3v) is 4.42. The van der Waals surface area contributed by atoms with Crippen LogP contribution < -0.4 is 10.2 Å². The lowest BCUT2D eigenvalue weighted by Crippen LogP contribution is -2.18. The average molecular weight is 406 g/mol. The van der Waals surface area contributed by atoms with Crippen LogP contribution in [0.5, 0.6) is 0 Å². The number of nitrogens with one attached hydrogen (secondary N) is 1. The Balaban J connectivity index is 1.91. The van der Waals surface area contributed by atoms with E-state index in [-0.39, 0.29) is 5.69 Å². The molecule has 4 nitrogen and oxygen atoms in total. The van der Waals surface area contributed by atoms with Gasteiger partial charge in [0.15, 0.2) is 0 Å². The van der Waals surface area contributed by atoms with Crippen molar-refractivity contribution in [3.8, 4) is 0 Å². The molecule has 8 heteroatoms. The summed E-state index contributed by atoms with van der Waals surface area (Å²) in [5.41, 5.74) is 0.708. The van der Waals surface area contributed by atoms with Crippen LogP contribution in [0.25, 0.3) is 0 Å². The molecule has 0 aliphatic rings. The van der Waals surface area contributed by atoms with E-state index in [2.05, 4.69) is 10.3 Å². The number of pyridine rings is 1. The molecular weight excluding hydrogens is 391 g/mol. The van der Waals surface area contributed by atoms with Gasteiger partial charge in [-0.2, -0.15) is 13.2 Å². The van der Waals surface area contributed by atoms with Gasteiger partial charge in [0.25, 0.3) is 5.91 Å². The molecule has 1 aromatic heterocycles. The van der Waals surface area contributed by atoms with Gasteiger partial charge in [-0.3, -0.25) is 9.78 Å². The fourth-order valence-electron chi connectivity index (χ4n) is 2.68. The minimum Gasteiger partial charge on any atom is -0.344 e. The molecule has 3 aromatic rings. The number of amides is 1. The molecule has 3 rings (SSSR count). The Hall–Kier alpha value is -3.06. The molecule has 0 radical (unpaired) electrons. The Kier molecular flexibility index (Phi) is 5.56. The quantitative estimate of drug-likeness (QED) is 0.599. The Bertz CT molecular complexity index is 993. The first-order chi connectivity index (χ1) is 13.3. The summed E-state index contributed by atoms with van der Waals surface area (Å²) in [5, 5.41) is 2.08. The van der Waals surface area contributed by atoms with Crippen molar-refractivity contribution in [2.75, 3.05) is 17.3 Å². The van der Waals surface area contributed by atoms with Crippen LogP contribution in [0.15, 0.2) is 67.0 Å². The number of hydrogen-bond donors (Lipinski definition) is 1. The zero-order valence-electron chi connectivity index (χ0n) is 14.7. The van der Waals surface area contributed by atoms with Crippen molar-refractivity contribution < 1.29 is 18.0 Å². The molecule has 0 bridgehead atoms. The molecule has 0 aliphatic heterocycles. The largest absolute Gasteiger partial charge is 0.417 e. The maximum Gasteiger partial charge on any atom is 0.417 e. The molecule has 0 spiro atoms. The van der Waals surface area contributed by atoms with Crippen molar-refractivity contribution >= 4 is 34.6 Å². The van der Waals surface area contributed by atoms with Crippen LogP contribution in [0, 0.1) is 0 Å². The summed E-state index contributed by atoms with van der Waals surface area (Å²) in [6, 6.07) is 13.6.